The summed E-state index contributed by atoms with van der Waals surface area (Å²) in [5.41, 5.74) is 0. The van der Waals surface area contributed by atoms with Crippen LogP contribution in [0.3, 0.4) is 0 Å². The molecular weight excluding hydrogens is 373 g/mol. The summed E-state index contributed by atoms with van der Waals surface area (Å²) in [7, 11) is -2.65. The summed E-state index contributed by atoms with van der Waals surface area (Å²) in [6.07, 6.45) is 22.3. The van der Waals surface area contributed by atoms with Crippen molar-refractivity contribution < 1.29 is 117 Å². The molecule has 0 spiro atoms. The minimum Gasteiger partial charge on any atom is -0.820 e. The Morgan fingerprint density at radius 3 is 1.54 bits per heavy atom. The molecule has 0 aliphatic carbocycles. The van der Waals surface area contributed by atoms with E-state index >= 15 is 0 Å². The van der Waals surface area contributed by atoms with E-state index in [0.29, 0.717) is 6.61 Å². The molecule has 0 bridgehead atoms. The zero-order valence-electron chi connectivity index (χ0n) is 16.4. The third kappa shape index (κ3) is 30.1. The first kappa shape index (κ1) is 32.0. The molecule has 0 fully saturated rings. The van der Waals surface area contributed by atoms with E-state index in [1.54, 1.807) is 0 Å². The molecule has 0 saturated carbocycles. The molecule has 0 aromatic heterocycles. The van der Waals surface area contributed by atoms with Gasteiger partial charge in [0, 0.05) is 6.61 Å². The molecule has 24 heavy (non-hydrogen) atoms. The Balaban J connectivity index is -0.00000220. The average Bonchev–Trinajstić information content (AvgIpc) is 2.50. The van der Waals surface area contributed by atoms with Crippen LogP contribution in [0, 0.1) is 0 Å². The number of hydrogen-bond donors (Lipinski definition) is 0. The molecule has 0 rings (SSSR count). The largest absolute Gasteiger partial charge is 1.00 e. The van der Waals surface area contributed by atoms with Crippen LogP contribution in [0.15, 0.2) is 12.2 Å². The molecule has 132 valence electrons. The summed E-state index contributed by atoms with van der Waals surface area (Å²) in [6.45, 7) is 2.61. The molecular formula is C18H35K2O3P. The first-order valence-corrected chi connectivity index (χ1v) is 10.3. The molecule has 0 saturated heterocycles. The number of hydrogen-bond acceptors (Lipinski definition) is 3. The Morgan fingerprint density at radius 2 is 1.08 bits per heavy atom. The summed E-state index contributed by atoms with van der Waals surface area (Å²) in [6, 6.07) is 0. The van der Waals surface area contributed by atoms with Crippen molar-refractivity contribution in [3.63, 3.8) is 0 Å². The molecule has 0 atom stereocenters. The van der Waals surface area contributed by atoms with Crippen LogP contribution >= 0.6 is 8.60 Å². The summed E-state index contributed by atoms with van der Waals surface area (Å²) in [4.78, 5) is 20.3. The van der Waals surface area contributed by atoms with Crippen molar-refractivity contribution in [3.05, 3.63) is 12.2 Å². The molecule has 0 unspecified atom stereocenters. The van der Waals surface area contributed by atoms with E-state index in [4.69, 9.17) is 0 Å². The van der Waals surface area contributed by atoms with E-state index in [0.717, 1.165) is 12.8 Å². The SMILES string of the molecule is CCCCCCCCC=CCCCCCCCCOP([O-])[O-].[K+].[K+]. The molecule has 0 amide bonds. The van der Waals surface area contributed by atoms with Gasteiger partial charge in [0.25, 0.3) is 0 Å². The summed E-state index contributed by atoms with van der Waals surface area (Å²) >= 11 is 0. The van der Waals surface area contributed by atoms with Gasteiger partial charge in [-0.2, -0.15) is 8.60 Å². The quantitative estimate of drug-likeness (QED) is 0.134. The van der Waals surface area contributed by atoms with Gasteiger partial charge in [0.2, 0.25) is 0 Å². The fraction of sp³-hybridized carbons (Fsp3) is 0.889. The van der Waals surface area contributed by atoms with Crippen LogP contribution in [0.4, 0.5) is 0 Å². The maximum absolute atomic E-state index is 10.2. The van der Waals surface area contributed by atoms with E-state index in [2.05, 4.69) is 23.6 Å². The van der Waals surface area contributed by atoms with Crippen LogP contribution in [-0.2, 0) is 4.52 Å². The van der Waals surface area contributed by atoms with Crippen molar-refractivity contribution >= 4 is 8.60 Å². The zero-order chi connectivity index (χ0) is 16.3. The monoisotopic (exact) mass is 408 g/mol. The normalized spacial score (nSPS) is 10.8. The second-order valence-corrected chi connectivity index (χ2v) is 6.70. The summed E-state index contributed by atoms with van der Waals surface area (Å²) in [5.74, 6) is 0. The van der Waals surface area contributed by atoms with Crippen LogP contribution in [0.1, 0.15) is 96.8 Å². The van der Waals surface area contributed by atoms with Crippen molar-refractivity contribution in [2.45, 2.75) is 96.8 Å². The summed E-state index contributed by atoms with van der Waals surface area (Å²) < 4.78 is 4.51. The minimum absolute atomic E-state index is 0. The molecule has 3 nitrogen and oxygen atoms in total. The van der Waals surface area contributed by atoms with Gasteiger partial charge in [0.15, 0.2) is 0 Å². The first-order valence-electron chi connectivity index (χ1n) is 9.19. The Morgan fingerprint density at radius 1 is 0.667 bits per heavy atom. The predicted molar refractivity (Wildman–Crippen MR) is 92.3 cm³/mol. The molecule has 0 aliphatic rings. The van der Waals surface area contributed by atoms with E-state index < -0.39 is 8.60 Å². The van der Waals surface area contributed by atoms with Crippen molar-refractivity contribution in [1.29, 1.82) is 0 Å². The van der Waals surface area contributed by atoms with Crippen LogP contribution in [-0.4, -0.2) is 6.61 Å². The van der Waals surface area contributed by atoms with E-state index in [-0.39, 0.29) is 103 Å². The number of allylic oxidation sites excluding steroid dienone is 2. The molecule has 0 N–H and O–H groups in total. The Labute approximate surface area is 237 Å². The molecule has 0 radical (unpaired) electrons. The van der Waals surface area contributed by atoms with Gasteiger partial charge in [-0.1, -0.05) is 76.9 Å². The predicted octanol–water partition coefficient (Wildman–Crippen LogP) is -1.00. The van der Waals surface area contributed by atoms with Crippen LogP contribution in [0.25, 0.3) is 0 Å². The second kappa shape index (κ2) is 28.5. The van der Waals surface area contributed by atoms with Gasteiger partial charge in [-0.3, -0.25) is 0 Å². The fourth-order valence-electron chi connectivity index (χ4n) is 2.49. The van der Waals surface area contributed by atoms with Gasteiger partial charge in [-0.25, -0.2) is 0 Å². The van der Waals surface area contributed by atoms with Crippen molar-refractivity contribution in [2.24, 2.45) is 0 Å². The molecule has 0 heterocycles. The van der Waals surface area contributed by atoms with E-state index in [9.17, 15) is 9.79 Å². The van der Waals surface area contributed by atoms with Crippen LogP contribution in [0.5, 0.6) is 0 Å². The Hall–Kier alpha value is 3.32. The van der Waals surface area contributed by atoms with Gasteiger partial charge in [0.05, 0.1) is 0 Å². The standard InChI is InChI=1S/C18H35O3P.2K/c1-2-3-4-5-6-7-8-9-10-11-12-13-14-15-16-17-18-21-22(19)20;;/h9-10H,2-8,11-18H2,1H3;;/q-2;2*+1. The molecule has 0 aromatic carbocycles. The van der Waals surface area contributed by atoms with E-state index in [1.807, 2.05) is 0 Å². The van der Waals surface area contributed by atoms with E-state index in [1.165, 1.54) is 77.0 Å². The smallest absolute Gasteiger partial charge is 0.820 e. The zero-order valence-corrected chi connectivity index (χ0v) is 23.6. The molecule has 0 aliphatic heterocycles. The van der Waals surface area contributed by atoms with Crippen molar-refractivity contribution in [3.8, 4) is 0 Å². The van der Waals surface area contributed by atoms with Gasteiger partial charge in [-0.15, -0.1) is 0 Å². The van der Waals surface area contributed by atoms with Gasteiger partial charge in [0.1, 0.15) is 0 Å². The van der Waals surface area contributed by atoms with Gasteiger partial charge < -0.3 is 14.3 Å². The summed E-state index contributed by atoms with van der Waals surface area (Å²) in [5, 5.41) is 0. The molecule has 6 heteroatoms. The third-order valence-electron chi connectivity index (χ3n) is 3.85. The Kier molecular flexibility index (Phi) is 38.0. The van der Waals surface area contributed by atoms with Crippen LogP contribution < -0.4 is 113 Å². The van der Waals surface area contributed by atoms with Gasteiger partial charge in [-0.05, 0) is 32.1 Å². The minimum atomic E-state index is -2.65. The molecule has 0 aromatic rings. The fourth-order valence-corrected chi connectivity index (χ4v) is 2.77. The average molecular weight is 409 g/mol. The second-order valence-electron chi connectivity index (χ2n) is 5.99. The maximum atomic E-state index is 10.2. The van der Waals surface area contributed by atoms with Crippen molar-refractivity contribution in [1.82, 2.24) is 0 Å². The maximum Gasteiger partial charge on any atom is 1.00 e. The van der Waals surface area contributed by atoms with Gasteiger partial charge >= 0.3 is 103 Å². The number of unbranched alkanes of at least 4 members (excludes halogenated alkanes) is 12. The first-order chi connectivity index (χ1) is 10.8. The van der Waals surface area contributed by atoms with Crippen molar-refractivity contribution in [2.75, 3.05) is 6.61 Å². The third-order valence-corrected chi connectivity index (χ3v) is 4.25. The van der Waals surface area contributed by atoms with Crippen LogP contribution in [0.2, 0.25) is 0 Å². The topological polar surface area (TPSA) is 55.3 Å². The Bertz CT molecular complexity index is 242. The number of rotatable bonds is 17.